The topological polar surface area (TPSA) is 0 Å². The third kappa shape index (κ3) is 4.11. The van der Waals surface area contributed by atoms with Crippen molar-refractivity contribution >= 4 is 38.9 Å². The van der Waals surface area contributed by atoms with E-state index in [2.05, 4.69) is 57.7 Å². The first kappa shape index (κ1) is 14.1. The third-order valence-electron chi connectivity index (χ3n) is 3.06. The molecule has 0 N–H and O–H groups in total. The molecule has 1 aromatic carbocycles. The molecule has 0 nitrogen and oxygen atoms in total. The lowest BCUT2D eigenvalue weighted by molar-refractivity contribution is 0.538. The molecule has 1 aromatic heterocycles. The summed E-state index contributed by atoms with van der Waals surface area (Å²) in [5.41, 5.74) is 1.36. The molecular formula is C15H16BrClS. The Morgan fingerprint density at radius 2 is 2.00 bits per heavy atom. The standard InChI is InChI=1S/C15H16BrClS/c16-15-6-2-1-4-13(15)10-12(11-17)7-8-14-5-3-9-18-14/h1-6,9,12H,7-8,10-11H2. The van der Waals surface area contributed by atoms with E-state index in [9.17, 15) is 0 Å². The van der Waals surface area contributed by atoms with Crippen molar-refractivity contribution in [1.82, 2.24) is 0 Å². The second-order valence-electron chi connectivity index (χ2n) is 4.43. The van der Waals surface area contributed by atoms with Gasteiger partial charge in [-0.05, 0) is 48.3 Å². The minimum Gasteiger partial charge on any atom is -0.149 e. The summed E-state index contributed by atoms with van der Waals surface area (Å²) >= 11 is 11.5. The summed E-state index contributed by atoms with van der Waals surface area (Å²) in [6.07, 6.45) is 3.35. The van der Waals surface area contributed by atoms with Crippen molar-refractivity contribution in [2.45, 2.75) is 19.3 Å². The highest BCUT2D eigenvalue weighted by Crippen LogP contribution is 2.23. The van der Waals surface area contributed by atoms with Crippen LogP contribution in [-0.4, -0.2) is 5.88 Å². The van der Waals surface area contributed by atoms with Crippen LogP contribution in [-0.2, 0) is 12.8 Å². The number of hydrogen-bond acceptors (Lipinski definition) is 1. The summed E-state index contributed by atoms with van der Waals surface area (Å²) in [6.45, 7) is 0. The van der Waals surface area contributed by atoms with Gasteiger partial charge < -0.3 is 0 Å². The van der Waals surface area contributed by atoms with Gasteiger partial charge in [-0.3, -0.25) is 0 Å². The predicted octanol–water partition coefficient (Wildman–Crippen LogP) is 5.54. The molecule has 1 heterocycles. The van der Waals surface area contributed by atoms with Crippen LogP contribution in [0.4, 0.5) is 0 Å². The van der Waals surface area contributed by atoms with Crippen molar-refractivity contribution in [3.05, 3.63) is 56.7 Å². The van der Waals surface area contributed by atoms with Gasteiger partial charge in [-0.2, -0.15) is 0 Å². The van der Waals surface area contributed by atoms with E-state index in [1.165, 1.54) is 14.9 Å². The molecule has 0 spiro atoms. The fourth-order valence-electron chi connectivity index (χ4n) is 2.01. The zero-order valence-electron chi connectivity index (χ0n) is 10.1. The van der Waals surface area contributed by atoms with Gasteiger partial charge in [-0.25, -0.2) is 0 Å². The lowest BCUT2D eigenvalue weighted by Gasteiger charge is -2.14. The van der Waals surface area contributed by atoms with E-state index in [1.807, 2.05) is 11.3 Å². The van der Waals surface area contributed by atoms with Crippen molar-refractivity contribution in [1.29, 1.82) is 0 Å². The van der Waals surface area contributed by atoms with Crippen LogP contribution in [0.15, 0.2) is 46.3 Å². The monoisotopic (exact) mass is 342 g/mol. The number of thiophene rings is 1. The molecule has 0 aliphatic heterocycles. The first-order valence-corrected chi connectivity index (χ1v) is 8.32. The Hall–Kier alpha value is -0.310. The molecule has 1 atom stereocenters. The average Bonchev–Trinajstić information content (AvgIpc) is 2.90. The van der Waals surface area contributed by atoms with Crippen molar-refractivity contribution in [3.8, 4) is 0 Å². The average molecular weight is 344 g/mol. The van der Waals surface area contributed by atoms with Gasteiger partial charge in [0.2, 0.25) is 0 Å². The summed E-state index contributed by atoms with van der Waals surface area (Å²) in [7, 11) is 0. The van der Waals surface area contributed by atoms with E-state index in [0.29, 0.717) is 5.92 Å². The molecule has 18 heavy (non-hydrogen) atoms. The van der Waals surface area contributed by atoms with Crippen LogP contribution in [0, 0.1) is 5.92 Å². The van der Waals surface area contributed by atoms with Crippen LogP contribution in [0.25, 0.3) is 0 Å². The van der Waals surface area contributed by atoms with E-state index in [1.54, 1.807) is 0 Å². The van der Waals surface area contributed by atoms with Crippen LogP contribution in [0.5, 0.6) is 0 Å². The van der Waals surface area contributed by atoms with Crippen LogP contribution < -0.4 is 0 Å². The van der Waals surface area contributed by atoms with E-state index in [-0.39, 0.29) is 0 Å². The maximum atomic E-state index is 6.10. The minimum absolute atomic E-state index is 0.549. The van der Waals surface area contributed by atoms with Gasteiger partial charge in [0.05, 0.1) is 0 Å². The summed E-state index contributed by atoms with van der Waals surface area (Å²) in [6, 6.07) is 12.7. The van der Waals surface area contributed by atoms with E-state index < -0.39 is 0 Å². The molecule has 0 aliphatic rings. The van der Waals surface area contributed by atoms with Gasteiger partial charge in [0.1, 0.15) is 0 Å². The second-order valence-corrected chi connectivity index (χ2v) is 6.63. The third-order valence-corrected chi connectivity index (χ3v) is 5.21. The fraction of sp³-hybridized carbons (Fsp3) is 0.333. The first-order chi connectivity index (χ1) is 8.79. The molecule has 0 fully saturated rings. The number of benzene rings is 1. The van der Waals surface area contributed by atoms with E-state index in [0.717, 1.165) is 25.1 Å². The van der Waals surface area contributed by atoms with Gasteiger partial charge in [0.15, 0.2) is 0 Å². The van der Waals surface area contributed by atoms with Gasteiger partial charge in [0, 0.05) is 15.2 Å². The Labute approximate surface area is 126 Å². The van der Waals surface area contributed by atoms with Gasteiger partial charge in [-0.1, -0.05) is 40.2 Å². The number of rotatable bonds is 6. The van der Waals surface area contributed by atoms with Gasteiger partial charge >= 0.3 is 0 Å². The molecule has 0 bridgehead atoms. The quantitative estimate of drug-likeness (QED) is 0.604. The molecule has 0 aliphatic carbocycles. The molecule has 1 unspecified atom stereocenters. The highest BCUT2D eigenvalue weighted by Gasteiger charge is 2.11. The van der Waals surface area contributed by atoms with E-state index >= 15 is 0 Å². The Kier molecular flexibility index (Phi) is 5.74. The number of alkyl halides is 1. The molecule has 0 saturated carbocycles. The summed E-state index contributed by atoms with van der Waals surface area (Å²) in [5.74, 6) is 1.28. The second kappa shape index (κ2) is 7.32. The largest absolute Gasteiger partial charge is 0.149 e. The van der Waals surface area contributed by atoms with Crippen LogP contribution in [0.2, 0.25) is 0 Å². The van der Waals surface area contributed by atoms with Crippen molar-refractivity contribution in [3.63, 3.8) is 0 Å². The summed E-state index contributed by atoms with van der Waals surface area (Å²) in [5, 5.41) is 2.14. The van der Waals surface area contributed by atoms with Crippen LogP contribution in [0.3, 0.4) is 0 Å². The summed E-state index contributed by atoms with van der Waals surface area (Å²) < 4.78 is 1.19. The van der Waals surface area contributed by atoms with Crippen LogP contribution >= 0.6 is 38.9 Å². The molecular weight excluding hydrogens is 328 g/mol. The Balaban J connectivity index is 1.91. The lowest BCUT2D eigenvalue weighted by atomic mass is 9.96. The predicted molar refractivity (Wildman–Crippen MR) is 84.7 cm³/mol. The number of aryl methyl sites for hydroxylation is 1. The lowest BCUT2D eigenvalue weighted by Crippen LogP contribution is -2.08. The van der Waals surface area contributed by atoms with Gasteiger partial charge in [0.25, 0.3) is 0 Å². The highest BCUT2D eigenvalue weighted by atomic mass is 79.9. The highest BCUT2D eigenvalue weighted by molar-refractivity contribution is 9.10. The van der Waals surface area contributed by atoms with E-state index in [4.69, 9.17) is 11.6 Å². The van der Waals surface area contributed by atoms with Crippen molar-refractivity contribution < 1.29 is 0 Å². The van der Waals surface area contributed by atoms with Crippen molar-refractivity contribution in [2.75, 3.05) is 5.88 Å². The first-order valence-electron chi connectivity index (χ1n) is 6.11. The summed E-state index contributed by atoms with van der Waals surface area (Å²) in [4.78, 5) is 1.46. The molecule has 2 aromatic rings. The maximum Gasteiger partial charge on any atom is 0.0255 e. The molecule has 0 amide bonds. The number of hydrogen-bond donors (Lipinski definition) is 0. The zero-order chi connectivity index (χ0) is 12.8. The fourth-order valence-corrected chi connectivity index (χ4v) is 3.44. The SMILES string of the molecule is ClCC(CCc1cccs1)Cc1ccccc1Br. The minimum atomic E-state index is 0.549. The Morgan fingerprint density at radius 3 is 2.67 bits per heavy atom. The van der Waals surface area contributed by atoms with Crippen LogP contribution in [0.1, 0.15) is 16.9 Å². The van der Waals surface area contributed by atoms with Gasteiger partial charge in [-0.15, -0.1) is 22.9 Å². The molecule has 0 saturated heterocycles. The number of halogens is 2. The molecule has 0 radical (unpaired) electrons. The maximum absolute atomic E-state index is 6.10. The Bertz CT molecular complexity index is 467. The smallest absolute Gasteiger partial charge is 0.0255 e. The molecule has 2 rings (SSSR count). The Morgan fingerprint density at radius 1 is 1.17 bits per heavy atom. The normalized spacial score (nSPS) is 12.6. The van der Waals surface area contributed by atoms with Crippen molar-refractivity contribution in [2.24, 2.45) is 5.92 Å². The molecule has 3 heteroatoms. The molecule has 96 valence electrons. The zero-order valence-corrected chi connectivity index (χ0v) is 13.3.